The number of fused-ring (bicyclic) bond motifs is 1. The molecule has 0 saturated carbocycles. The van der Waals surface area contributed by atoms with Crippen LogP contribution in [0.2, 0.25) is 0 Å². The lowest BCUT2D eigenvalue weighted by Crippen LogP contribution is -2.23. The van der Waals surface area contributed by atoms with Gasteiger partial charge in [0.2, 0.25) is 0 Å². The predicted octanol–water partition coefficient (Wildman–Crippen LogP) is 2.46. The van der Waals surface area contributed by atoms with Crippen LogP contribution in [0.3, 0.4) is 0 Å². The highest BCUT2D eigenvalue weighted by Crippen LogP contribution is 2.31. The van der Waals surface area contributed by atoms with E-state index < -0.39 is 5.82 Å². The van der Waals surface area contributed by atoms with E-state index in [0.717, 1.165) is 23.5 Å². The van der Waals surface area contributed by atoms with Gasteiger partial charge in [-0.2, -0.15) is 0 Å². The summed E-state index contributed by atoms with van der Waals surface area (Å²) in [6.07, 6.45) is 2.74. The normalized spacial score (nSPS) is 16.6. The molecule has 2 aromatic rings. The molecule has 1 aliphatic heterocycles. The fraction of sp³-hybridized carbons (Fsp3) is 0.375. The first-order chi connectivity index (χ1) is 10.7. The van der Waals surface area contributed by atoms with Crippen LogP contribution in [-0.4, -0.2) is 30.7 Å². The van der Waals surface area contributed by atoms with Crippen LogP contribution < -0.4 is 14.8 Å². The van der Waals surface area contributed by atoms with Gasteiger partial charge in [-0.05, 0) is 18.1 Å². The molecule has 1 N–H and O–H groups in total. The van der Waals surface area contributed by atoms with E-state index in [1.165, 1.54) is 6.20 Å². The number of nitrogens with zero attached hydrogens (tertiary/aromatic N) is 2. The lowest BCUT2D eigenvalue weighted by Gasteiger charge is -2.25. The Bertz CT molecular complexity index is 678. The molecule has 0 fully saturated rings. The smallest absolute Gasteiger partial charge is 0.183 e. The van der Waals surface area contributed by atoms with Gasteiger partial charge in [0.25, 0.3) is 0 Å². The van der Waals surface area contributed by atoms with E-state index in [9.17, 15) is 4.39 Å². The van der Waals surface area contributed by atoms with Crippen LogP contribution in [0, 0.1) is 11.7 Å². The lowest BCUT2D eigenvalue weighted by atomic mass is 9.93. The molecule has 1 atom stereocenters. The third kappa shape index (κ3) is 2.95. The van der Waals surface area contributed by atoms with E-state index in [2.05, 4.69) is 15.3 Å². The number of hydrogen-bond acceptors (Lipinski definition) is 5. The molecule has 0 amide bonds. The van der Waals surface area contributed by atoms with E-state index in [1.807, 2.05) is 18.2 Å². The number of hydrogen-bond donors (Lipinski definition) is 1. The maximum Gasteiger partial charge on any atom is 0.183 e. The van der Waals surface area contributed by atoms with E-state index in [4.69, 9.17) is 9.47 Å². The van der Waals surface area contributed by atoms with E-state index in [1.54, 1.807) is 14.2 Å². The molecule has 5 nitrogen and oxygen atoms in total. The van der Waals surface area contributed by atoms with Crippen LogP contribution in [0.25, 0.3) is 0 Å². The molecular formula is C16H18FN3O2. The minimum atomic E-state index is -0.441. The van der Waals surface area contributed by atoms with E-state index >= 15 is 0 Å². The van der Waals surface area contributed by atoms with Gasteiger partial charge in [-0.25, -0.2) is 14.4 Å². The zero-order valence-corrected chi connectivity index (χ0v) is 12.6. The first kappa shape index (κ1) is 14.6. The van der Waals surface area contributed by atoms with Gasteiger partial charge in [-0.3, -0.25) is 0 Å². The quantitative estimate of drug-likeness (QED) is 0.940. The highest BCUT2D eigenvalue weighted by Gasteiger charge is 2.22. The minimum absolute atomic E-state index is 0.229. The standard InChI is InChI=1S/C16H18FN3O2/c1-18-16-13(17)8-19-15(20-16)6-10-5-11-3-4-12(21-2)7-14(11)22-9-10/h3-4,7-8,10H,5-6,9H2,1-2H3,(H,18,19,20). The topological polar surface area (TPSA) is 56.3 Å². The number of rotatable bonds is 4. The van der Waals surface area contributed by atoms with E-state index in [0.29, 0.717) is 18.9 Å². The first-order valence-corrected chi connectivity index (χ1v) is 7.18. The first-order valence-electron chi connectivity index (χ1n) is 7.18. The number of anilines is 1. The van der Waals surface area contributed by atoms with Crippen LogP contribution in [0.15, 0.2) is 24.4 Å². The van der Waals surface area contributed by atoms with Crippen molar-refractivity contribution >= 4 is 5.82 Å². The van der Waals surface area contributed by atoms with Crippen molar-refractivity contribution in [1.82, 2.24) is 9.97 Å². The van der Waals surface area contributed by atoms with Gasteiger partial charge < -0.3 is 14.8 Å². The number of halogens is 1. The Morgan fingerprint density at radius 3 is 3.09 bits per heavy atom. The summed E-state index contributed by atoms with van der Waals surface area (Å²) in [4.78, 5) is 8.26. The molecule has 116 valence electrons. The Morgan fingerprint density at radius 1 is 1.45 bits per heavy atom. The van der Waals surface area contributed by atoms with Crippen LogP contribution in [-0.2, 0) is 12.8 Å². The van der Waals surface area contributed by atoms with Crippen molar-refractivity contribution in [3.63, 3.8) is 0 Å². The third-order valence-electron chi connectivity index (χ3n) is 3.76. The fourth-order valence-corrected chi connectivity index (χ4v) is 2.61. The SMILES string of the molecule is CNc1nc(CC2COc3cc(OC)ccc3C2)ncc1F. The summed E-state index contributed by atoms with van der Waals surface area (Å²) in [5.74, 6) is 2.34. The monoisotopic (exact) mass is 303 g/mol. The second-order valence-corrected chi connectivity index (χ2v) is 5.29. The average molecular weight is 303 g/mol. The highest BCUT2D eigenvalue weighted by atomic mass is 19.1. The van der Waals surface area contributed by atoms with Gasteiger partial charge in [0.15, 0.2) is 11.6 Å². The molecule has 0 saturated heterocycles. The molecule has 1 aromatic carbocycles. The van der Waals surface area contributed by atoms with Crippen LogP contribution >= 0.6 is 0 Å². The molecule has 22 heavy (non-hydrogen) atoms. The molecule has 1 aliphatic rings. The summed E-state index contributed by atoms with van der Waals surface area (Å²) in [5.41, 5.74) is 1.15. The average Bonchev–Trinajstić information content (AvgIpc) is 2.56. The molecule has 0 radical (unpaired) electrons. The molecule has 0 spiro atoms. The molecular weight excluding hydrogens is 285 g/mol. The molecule has 0 aliphatic carbocycles. The van der Waals surface area contributed by atoms with Gasteiger partial charge >= 0.3 is 0 Å². The number of benzene rings is 1. The second kappa shape index (κ2) is 6.17. The molecule has 6 heteroatoms. The summed E-state index contributed by atoms with van der Waals surface area (Å²) in [6.45, 7) is 0.593. The van der Waals surface area contributed by atoms with Crippen molar-refractivity contribution < 1.29 is 13.9 Å². The Kier molecular flexibility index (Phi) is 4.09. The molecule has 2 heterocycles. The van der Waals surface area contributed by atoms with Crippen molar-refractivity contribution in [2.24, 2.45) is 5.92 Å². The number of ether oxygens (including phenoxy) is 2. The Labute approximate surface area is 128 Å². The molecule has 1 unspecified atom stereocenters. The summed E-state index contributed by atoms with van der Waals surface area (Å²) in [6, 6.07) is 5.85. The second-order valence-electron chi connectivity index (χ2n) is 5.29. The highest BCUT2D eigenvalue weighted by molar-refractivity contribution is 5.42. The Balaban J connectivity index is 1.72. The van der Waals surface area contributed by atoms with Crippen molar-refractivity contribution in [2.45, 2.75) is 12.8 Å². The predicted molar refractivity (Wildman–Crippen MR) is 80.9 cm³/mol. The Hall–Kier alpha value is -2.37. The maximum absolute atomic E-state index is 13.4. The van der Waals surface area contributed by atoms with Gasteiger partial charge in [-0.15, -0.1) is 0 Å². The van der Waals surface area contributed by atoms with Gasteiger partial charge in [0.05, 0.1) is 19.9 Å². The number of nitrogens with one attached hydrogen (secondary N) is 1. The zero-order chi connectivity index (χ0) is 15.5. The molecule has 3 rings (SSSR count). The van der Waals surface area contributed by atoms with Crippen LogP contribution in [0.5, 0.6) is 11.5 Å². The number of aromatic nitrogens is 2. The summed E-state index contributed by atoms with van der Waals surface area (Å²) < 4.78 is 24.4. The molecule has 1 aromatic heterocycles. The largest absolute Gasteiger partial charge is 0.497 e. The lowest BCUT2D eigenvalue weighted by molar-refractivity contribution is 0.218. The van der Waals surface area contributed by atoms with Crippen LogP contribution in [0.1, 0.15) is 11.4 Å². The van der Waals surface area contributed by atoms with Crippen molar-refractivity contribution in [3.8, 4) is 11.5 Å². The summed E-state index contributed by atoms with van der Waals surface area (Å²) in [7, 11) is 3.28. The minimum Gasteiger partial charge on any atom is -0.497 e. The van der Waals surface area contributed by atoms with Crippen molar-refractivity contribution in [2.75, 3.05) is 26.1 Å². The van der Waals surface area contributed by atoms with Crippen LogP contribution in [0.4, 0.5) is 10.2 Å². The van der Waals surface area contributed by atoms with E-state index in [-0.39, 0.29) is 11.7 Å². The Morgan fingerprint density at radius 2 is 2.32 bits per heavy atom. The van der Waals surface area contributed by atoms with Gasteiger partial charge in [0, 0.05) is 25.5 Å². The third-order valence-corrected chi connectivity index (χ3v) is 3.76. The maximum atomic E-state index is 13.4. The summed E-state index contributed by atoms with van der Waals surface area (Å²) in [5, 5.41) is 2.73. The van der Waals surface area contributed by atoms with Crippen molar-refractivity contribution in [3.05, 3.63) is 41.6 Å². The fourth-order valence-electron chi connectivity index (χ4n) is 2.61. The van der Waals surface area contributed by atoms with Crippen molar-refractivity contribution in [1.29, 1.82) is 0 Å². The number of methoxy groups -OCH3 is 1. The van der Waals surface area contributed by atoms with Gasteiger partial charge in [0.1, 0.15) is 17.3 Å². The summed E-state index contributed by atoms with van der Waals surface area (Å²) >= 11 is 0. The zero-order valence-electron chi connectivity index (χ0n) is 12.6. The van der Waals surface area contributed by atoms with Gasteiger partial charge in [-0.1, -0.05) is 6.07 Å². The molecule has 0 bridgehead atoms.